The summed E-state index contributed by atoms with van der Waals surface area (Å²) in [6.07, 6.45) is 1.74. The lowest BCUT2D eigenvalue weighted by Gasteiger charge is -2.13. The van der Waals surface area contributed by atoms with Crippen molar-refractivity contribution in [2.75, 3.05) is 7.11 Å². The highest BCUT2D eigenvalue weighted by Gasteiger charge is 2.14. The summed E-state index contributed by atoms with van der Waals surface area (Å²) in [7, 11) is 1.59. The second-order valence-corrected chi connectivity index (χ2v) is 6.41. The maximum atomic E-state index is 13.8. The number of carbonyl (C=O) groups excluding carboxylic acids is 1. The fourth-order valence-electron chi connectivity index (χ4n) is 3.23. The molecule has 0 bridgehead atoms. The zero-order valence-corrected chi connectivity index (χ0v) is 15.2. The van der Waals surface area contributed by atoms with Gasteiger partial charge in [-0.2, -0.15) is 0 Å². The molecule has 142 valence electrons. The van der Waals surface area contributed by atoms with E-state index in [1.807, 2.05) is 24.3 Å². The van der Waals surface area contributed by atoms with Gasteiger partial charge in [0.1, 0.15) is 23.6 Å². The van der Waals surface area contributed by atoms with Gasteiger partial charge in [-0.25, -0.2) is 4.39 Å². The summed E-state index contributed by atoms with van der Waals surface area (Å²) < 4.78 is 21.9. The smallest absolute Gasteiger partial charge is 0.275 e. The van der Waals surface area contributed by atoms with Crippen molar-refractivity contribution in [1.29, 1.82) is 0 Å². The van der Waals surface area contributed by atoms with Gasteiger partial charge in [-0.05, 0) is 48.0 Å². The average molecular weight is 379 g/mol. The van der Waals surface area contributed by atoms with E-state index in [0.29, 0.717) is 23.1 Å². The van der Waals surface area contributed by atoms with Gasteiger partial charge >= 0.3 is 0 Å². The first-order valence-electron chi connectivity index (χ1n) is 8.75. The van der Waals surface area contributed by atoms with Crippen LogP contribution in [0.2, 0.25) is 0 Å². The van der Waals surface area contributed by atoms with Crippen LogP contribution < -0.4 is 15.6 Å². The fourth-order valence-corrected chi connectivity index (χ4v) is 3.23. The molecule has 4 rings (SSSR count). The number of rotatable bonds is 5. The van der Waals surface area contributed by atoms with E-state index in [0.717, 1.165) is 11.3 Å². The molecule has 0 saturated heterocycles. The van der Waals surface area contributed by atoms with Crippen LogP contribution >= 0.6 is 0 Å². The predicted molar refractivity (Wildman–Crippen MR) is 104 cm³/mol. The largest absolute Gasteiger partial charge is 0.497 e. The van der Waals surface area contributed by atoms with Crippen molar-refractivity contribution in [3.05, 3.63) is 82.5 Å². The Morgan fingerprint density at radius 1 is 1.07 bits per heavy atom. The van der Waals surface area contributed by atoms with E-state index in [-0.39, 0.29) is 18.0 Å². The van der Waals surface area contributed by atoms with Gasteiger partial charge in [0.15, 0.2) is 0 Å². The van der Waals surface area contributed by atoms with Crippen LogP contribution in [-0.4, -0.2) is 22.0 Å². The third-order valence-corrected chi connectivity index (χ3v) is 4.65. The summed E-state index contributed by atoms with van der Waals surface area (Å²) >= 11 is 0. The summed E-state index contributed by atoms with van der Waals surface area (Å²) in [6, 6.07) is 14.9. The number of hydrogen-bond donors (Lipinski definition) is 1. The van der Waals surface area contributed by atoms with Crippen LogP contribution in [0.5, 0.6) is 5.75 Å². The van der Waals surface area contributed by atoms with Gasteiger partial charge in [0.05, 0.1) is 18.1 Å². The Morgan fingerprint density at radius 2 is 1.86 bits per heavy atom. The van der Waals surface area contributed by atoms with Crippen molar-refractivity contribution in [2.45, 2.75) is 13.1 Å². The van der Waals surface area contributed by atoms with E-state index in [4.69, 9.17) is 4.74 Å². The topological polar surface area (TPSA) is 64.7 Å². The number of carbonyl (C=O) groups is 1. The normalized spacial score (nSPS) is 11.1. The molecule has 0 aliphatic heterocycles. The number of amides is 1. The standard InChI is InChI=1S/C21H18FN3O3/c1-28-16-7-4-14(5-8-16)12-23-20(26)13-25-19-11-15(22)6-9-17(19)24-10-2-3-18(24)21(25)27/h2-11H,12-13H2,1H3,(H,23,26). The van der Waals surface area contributed by atoms with Gasteiger partial charge in [-0.15, -0.1) is 0 Å². The second kappa shape index (κ2) is 7.19. The Bertz CT molecular complexity index is 1230. The number of methoxy groups -OCH3 is 1. The van der Waals surface area contributed by atoms with Crippen molar-refractivity contribution < 1.29 is 13.9 Å². The van der Waals surface area contributed by atoms with Gasteiger partial charge in [0.2, 0.25) is 5.91 Å². The summed E-state index contributed by atoms with van der Waals surface area (Å²) in [4.78, 5) is 25.3. The molecular weight excluding hydrogens is 361 g/mol. The second-order valence-electron chi connectivity index (χ2n) is 6.41. The Labute approximate surface area is 159 Å². The van der Waals surface area contributed by atoms with Crippen molar-refractivity contribution in [3.8, 4) is 5.75 Å². The van der Waals surface area contributed by atoms with E-state index in [1.165, 1.54) is 16.7 Å². The summed E-state index contributed by atoms with van der Waals surface area (Å²) in [6.45, 7) is 0.119. The molecule has 0 radical (unpaired) electrons. The summed E-state index contributed by atoms with van der Waals surface area (Å²) in [5, 5.41) is 2.79. The minimum Gasteiger partial charge on any atom is -0.497 e. The first kappa shape index (κ1) is 17.8. The predicted octanol–water partition coefficient (Wildman–Crippen LogP) is 2.72. The summed E-state index contributed by atoms with van der Waals surface area (Å²) in [5.41, 5.74) is 2.02. The molecule has 0 saturated carbocycles. The minimum atomic E-state index is -0.467. The van der Waals surface area contributed by atoms with Gasteiger partial charge in [0, 0.05) is 12.7 Å². The van der Waals surface area contributed by atoms with Crippen LogP contribution in [0.4, 0.5) is 4.39 Å². The van der Waals surface area contributed by atoms with Crippen LogP contribution in [0.3, 0.4) is 0 Å². The van der Waals surface area contributed by atoms with Crippen LogP contribution in [0.15, 0.2) is 65.6 Å². The quantitative estimate of drug-likeness (QED) is 0.580. The highest BCUT2D eigenvalue weighted by molar-refractivity contribution is 5.82. The summed E-state index contributed by atoms with van der Waals surface area (Å²) in [5.74, 6) is -0.0687. The van der Waals surface area contributed by atoms with Crippen LogP contribution in [0.1, 0.15) is 5.56 Å². The molecule has 0 aliphatic rings. The first-order chi connectivity index (χ1) is 13.6. The van der Waals surface area contributed by atoms with Crippen LogP contribution in [-0.2, 0) is 17.9 Å². The zero-order chi connectivity index (χ0) is 19.7. The Balaban J connectivity index is 1.62. The number of hydrogen-bond acceptors (Lipinski definition) is 3. The average Bonchev–Trinajstić information content (AvgIpc) is 3.20. The van der Waals surface area contributed by atoms with Gasteiger partial charge < -0.3 is 14.5 Å². The Kier molecular flexibility index (Phi) is 4.57. The van der Waals surface area contributed by atoms with E-state index in [1.54, 1.807) is 35.9 Å². The molecule has 2 heterocycles. The van der Waals surface area contributed by atoms with E-state index in [9.17, 15) is 14.0 Å². The minimum absolute atomic E-state index is 0.198. The molecule has 1 N–H and O–H groups in total. The molecule has 0 aliphatic carbocycles. The molecule has 0 unspecified atom stereocenters. The number of aromatic nitrogens is 2. The van der Waals surface area contributed by atoms with Crippen LogP contribution in [0.25, 0.3) is 16.6 Å². The maximum Gasteiger partial charge on any atom is 0.275 e. The van der Waals surface area contributed by atoms with E-state index >= 15 is 0 Å². The number of ether oxygens (including phenoxy) is 1. The third kappa shape index (κ3) is 3.22. The molecule has 4 aromatic rings. The lowest BCUT2D eigenvalue weighted by Crippen LogP contribution is -2.33. The van der Waals surface area contributed by atoms with Gasteiger partial charge in [0.25, 0.3) is 5.56 Å². The maximum absolute atomic E-state index is 13.8. The number of fused-ring (bicyclic) bond motifs is 3. The fraction of sp³-hybridized carbons (Fsp3) is 0.143. The van der Waals surface area contributed by atoms with Gasteiger partial charge in [-0.3, -0.25) is 14.2 Å². The number of nitrogens with one attached hydrogen (secondary N) is 1. The SMILES string of the molecule is COc1ccc(CNC(=O)Cn2c(=O)c3cccn3c3ccc(F)cc32)cc1. The number of benzene rings is 2. The Hall–Kier alpha value is -3.61. The molecule has 7 heteroatoms. The van der Waals surface area contributed by atoms with Crippen molar-refractivity contribution in [2.24, 2.45) is 0 Å². The van der Waals surface area contributed by atoms with Crippen molar-refractivity contribution in [3.63, 3.8) is 0 Å². The van der Waals surface area contributed by atoms with E-state index < -0.39 is 5.82 Å². The molecule has 6 nitrogen and oxygen atoms in total. The van der Waals surface area contributed by atoms with Gasteiger partial charge in [-0.1, -0.05) is 12.1 Å². The molecule has 0 fully saturated rings. The number of nitrogens with zero attached hydrogens (tertiary/aromatic N) is 2. The first-order valence-corrected chi connectivity index (χ1v) is 8.75. The van der Waals surface area contributed by atoms with E-state index in [2.05, 4.69) is 5.32 Å². The molecule has 0 spiro atoms. The monoisotopic (exact) mass is 379 g/mol. The number of halogens is 1. The molecule has 2 aromatic heterocycles. The van der Waals surface area contributed by atoms with Crippen LogP contribution in [0, 0.1) is 5.82 Å². The highest BCUT2D eigenvalue weighted by Crippen LogP contribution is 2.17. The molecular formula is C21H18FN3O3. The lowest BCUT2D eigenvalue weighted by atomic mass is 10.2. The molecule has 28 heavy (non-hydrogen) atoms. The Morgan fingerprint density at radius 3 is 2.61 bits per heavy atom. The third-order valence-electron chi connectivity index (χ3n) is 4.65. The molecule has 0 atom stereocenters. The molecule has 2 aromatic carbocycles. The van der Waals surface area contributed by atoms with Crippen molar-refractivity contribution in [1.82, 2.24) is 14.3 Å². The molecule has 1 amide bonds. The van der Waals surface area contributed by atoms with Crippen molar-refractivity contribution >= 4 is 22.5 Å². The zero-order valence-electron chi connectivity index (χ0n) is 15.2. The lowest BCUT2D eigenvalue weighted by molar-refractivity contribution is -0.121. The highest BCUT2D eigenvalue weighted by atomic mass is 19.1.